The predicted molar refractivity (Wildman–Crippen MR) is 72.8 cm³/mol. The van der Waals surface area contributed by atoms with Gasteiger partial charge < -0.3 is 20.5 Å². The molecule has 1 aromatic rings. The standard InChI is InChI=1S/C12H13BrN2O5/c13-8-1-3-9(4-2-8)19-7-12(18)20-6-11(17)15-5-10(14)16/h1-4H,5-7H2,(H2,14,16)(H,15,17). The summed E-state index contributed by atoms with van der Waals surface area (Å²) < 4.78 is 10.7. The lowest BCUT2D eigenvalue weighted by molar-refractivity contribution is -0.150. The van der Waals surface area contributed by atoms with Gasteiger partial charge in [-0.05, 0) is 24.3 Å². The number of rotatable bonds is 7. The number of ether oxygens (including phenoxy) is 2. The second-order valence-electron chi connectivity index (χ2n) is 3.65. The number of halogens is 1. The quantitative estimate of drug-likeness (QED) is 0.675. The number of carbonyl (C=O) groups is 3. The van der Waals surface area contributed by atoms with Crippen molar-refractivity contribution < 1.29 is 23.9 Å². The molecule has 0 unspecified atom stereocenters. The highest BCUT2D eigenvalue weighted by Crippen LogP contribution is 2.15. The van der Waals surface area contributed by atoms with E-state index in [0.717, 1.165) is 4.47 Å². The van der Waals surface area contributed by atoms with Crippen LogP contribution < -0.4 is 15.8 Å². The van der Waals surface area contributed by atoms with Crippen molar-refractivity contribution in [2.45, 2.75) is 0 Å². The third-order valence-corrected chi connectivity index (χ3v) is 2.52. The molecule has 8 heteroatoms. The Labute approximate surface area is 123 Å². The van der Waals surface area contributed by atoms with Crippen LogP contribution in [0.25, 0.3) is 0 Å². The first-order valence-electron chi connectivity index (χ1n) is 5.56. The highest BCUT2D eigenvalue weighted by molar-refractivity contribution is 9.10. The third kappa shape index (κ3) is 6.74. The Hall–Kier alpha value is -2.09. The molecule has 0 spiro atoms. The Balaban J connectivity index is 2.21. The summed E-state index contributed by atoms with van der Waals surface area (Å²) in [7, 11) is 0. The maximum atomic E-state index is 11.3. The van der Waals surface area contributed by atoms with Crippen molar-refractivity contribution in [1.29, 1.82) is 0 Å². The summed E-state index contributed by atoms with van der Waals surface area (Å²) in [6, 6.07) is 6.88. The molecule has 0 aliphatic heterocycles. The van der Waals surface area contributed by atoms with E-state index in [0.29, 0.717) is 5.75 Å². The fourth-order valence-electron chi connectivity index (χ4n) is 1.10. The summed E-state index contributed by atoms with van der Waals surface area (Å²) in [5.74, 6) is -1.48. The summed E-state index contributed by atoms with van der Waals surface area (Å²) in [6.45, 7) is -1.10. The van der Waals surface area contributed by atoms with Crippen LogP contribution in [0.4, 0.5) is 0 Å². The summed E-state index contributed by atoms with van der Waals surface area (Å²) in [4.78, 5) is 32.8. The summed E-state index contributed by atoms with van der Waals surface area (Å²) >= 11 is 3.27. The Bertz CT molecular complexity index is 489. The van der Waals surface area contributed by atoms with Crippen LogP contribution in [0.5, 0.6) is 5.75 Å². The van der Waals surface area contributed by atoms with E-state index < -0.39 is 24.4 Å². The lowest BCUT2D eigenvalue weighted by atomic mass is 10.3. The predicted octanol–water partition coefficient (Wildman–Crippen LogP) is -0.0274. The molecule has 0 heterocycles. The molecule has 1 rings (SSSR count). The molecule has 0 atom stereocenters. The molecule has 20 heavy (non-hydrogen) atoms. The number of esters is 1. The van der Waals surface area contributed by atoms with Crippen molar-refractivity contribution in [3.63, 3.8) is 0 Å². The first kappa shape index (κ1) is 16.0. The van der Waals surface area contributed by atoms with E-state index in [9.17, 15) is 14.4 Å². The molecule has 3 N–H and O–H groups in total. The van der Waals surface area contributed by atoms with Gasteiger partial charge in [-0.1, -0.05) is 15.9 Å². The summed E-state index contributed by atoms with van der Waals surface area (Å²) in [5, 5.41) is 2.18. The van der Waals surface area contributed by atoms with E-state index in [2.05, 4.69) is 26.0 Å². The molecule has 0 radical (unpaired) electrons. The van der Waals surface area contributed by atoms with Crippen molar-refractivity contribution in [1.82, 2.24) is 5.32 Å². The van der Waals surface area contributed by atoms with Crippen LogP contribution in [0.15, 0.2) is 28.7 Å². The largest absolute Gasteiger partial charge is 0.482 e. The summed E-state index contributed by atoms with van der Waals surface area (Å²) in [5.41, 5.74) is 4.83. The monoisotopic (exact) mass is 344 g/mol. The zero-order valence-corrected chi connectivity index (χ0v) is 12.0. The van der Waals surface area contributed by atoms with Crippen LogP contribution >= 0.6 is 15.9 Å². The van der Waals surface area contributed by atoms with Gasteiger partial charge in [0.25, 0.3) is 5.91 Å². The van der Waals surface area contributed by atoms with Gasteiger partial charge in [0.15, 0.2) is 13.2 Å². The second-order valence-corrected chi connectivity index (χ2v) is 4.56. The van der Waals surface area contributed by atoms with Crippen molar-refractivity contribution >= 4 is 33.7 Å². The Morgan fingerprint density at radius 1 is 1.15 bits per heavy atom. The number of carbonyl (C=O) groups excluding carboxylic acids is 3. The van der Waals surface area contributed by atoms with Gasteiger partial charge in [-0.3, -0.25) is 9.59 Å². The highest BCUT2D eigenvalue weighted by atomic mass is 79.9. The van der Waals surface area contributed by atoms with Crippen molar-refractivity contribution in [2.24, 2.45) is 5.73 Å². The molecule has 108 valence electrons. The minimum Gasteiger partial charge on any atom is -0.482 e. The molecule has 0 saturated heterocycles. The van der Waals surface area contributed by atoms with E-state index in [1.807, 2.05) is 0 Å². The maximum absolute atomic E-state index is 11.3. The zero-order valence-electron chi connectivity index (χ0n) is 10.4. The Morgan fingerprint density at radius 3 is 2.40 bits per heavy atom. The van der Waals surface area contributed by atoms with Crippen molar-refractivity contribution in [3.8, 4) is 5.75 Å². The van der Waals surface area contributed by atoms with Crippen molar-refractivity contribution in [3.05, 3.63) is 28.7 Å². The zero-order chi connectivity index (χ0) is 15.0. The molecular weight excluding hydrogens is 332 g/mol. The van der Waals surface area contributed by atoms with Crippen LogP contribution in [-0.2, 0) is 19.1 Å². The van der Waals surface area contributed by atoms with E-state index >= 15 is 0 Å². The van der Waals surface area contributed by atoms with Gasteiger partial charge in [0.05, 0.1) is 6.54 Å². The normalized spacial score (nSPS) is 9.65. The van der Waals surface area contributed by atoms with Crippen molar-refractivity contribution in [2.75, 3.05) is 19.8 Å². The topological polar surface area (TPSA) is 108 Å². The average Bonchev–Trinajstić information content (AvgIpc) is 2.42. The van der Waals surface area contributed by atoms with Gasteiger partial charge in [0.2, 0.25) is 5.91 Å². The molecule has 1 aromatic carbocycles. The highest BCUT2D eigenvalue weighted by Gasteiger charge is 2.08. The average molecular weight is 345 g/mol. The smallest absolute Gasteiger partial charge is 0.344 e. The van der Waals surface area contributed by atoms with Gasteiger partial charge in [0.1, 0.15) is 5.75 Å². The number of nitrogens with one attached hydrogen (secondary N) is 1. The lowest BCUT2D eigenvalue weighted by Crippen LogP contribution is -2.36. The van der Waals surface area contributed by atoms with E-state index in [4.69, 9.17) is 10.5 Å². The number of amides is 2. The maximum Gasteiger partial charge on any atom is 0.344 e. The number of nitrogens with two attached hydrogens (primary N) is 1. The molecule has 0 saturated carbocycles. The molecule has 0 aliphatic carbocycles. The number of hydrogen-bond donors (Lipinski definition) is 2. The summed E-state index contributed by atoms with van der Waals surface area (Å²) in [6.07, 6.45) is 0. The number of hydrogen-bond acceptors (Lipinski definition) is 5. The minimum atomic E-state index is -0.692. The van der Waals surface area contributed by atoms with Crippen LogP contribution in [0, 0.1) is 0 Å². The Kier molecular flexibility index (Phi) is 6.51. The van der Waals surface area contributed by atoms with Gasteiger partial charge in [-0.2, -0.15) is 0 Å². The van der Waals surface area contributed by atoms with E-state index in [-0.39, 0.29) is 13.2 Å². The van der Waals surface area contributed by atoms with Crippen LogP contribution in [0.2, 0.25) is 0 Å². The number of benzene rings is 1. The van der Waals surface area contributed by atoms with Crippen LogP contribution in [0.3, 0.4) is 0 Å². The van der Waals surface area contributed by atoms with E-state index in [1.165, 1.54) is 0 Å². The van der Waals surface area contributed by atoms with Gasteiger partial charge in [-0.15, -0.1) is 0 Å². The Morgan fingerprint density at radius 2 is 1.80 bits per heavy atom. The molecule has 0 aliphatic rings. The third-order valence-electron chi connectivity index (χ3n) is 1.99. The first-order chi connectivity index (χ1) is 9.47. The van der Waals surface area contributed by atoms with Gasteiger partial charge in [-0.25, -0.2) is 4.79 Å². The SMILES string of the molecule is NC(=O)CNC(=O)COC(=O)COc1ccc(Br)cc1. The van der Waals surface area contributed by atoms with Crippen LogP contribution in [-0.4, -0.2) is 37.5 Å². The minimum absolute atomic E-state index is 0.300. The molecule has 0 bridgehead atoms. The fraction of sp³-hybridized carbons (Fsp3) is 0.250. The van der Waals surface area contributed by atoms with E-state index in [1.54, 1.807) is 24.3 Å². The molecular formula is C12H13BrN2O5. The second kappa shape index (κ2) is 8.16. The molecule has 0 aromatic heterocycles. The first-order valence-corrected chi connectivity index (χ1v) is 6.35. The molecule has 0 fully saturated rings. The van der Waals surface area contributed by atoms with Gasteiger partial charge >= 0.3 is 5.97 Å². The lowest BCUT2D eigenvalue weighted by Gasteiger charge is -2.07. The van der Waals surface area contributed by atoms with Gasteiger partial charge in [0, 0.05) is 4.47 Å². The van der Waals surface area contributed by atoms with Crippen LogP contribution in [0.1, 0.15) is 0 Å². The fourth-order valence-corrected chi connectivity index (χ4v) is 1.36. The number of primary amides is 1. The molecule has 2 amide bonds. The molecule has 7 nitrogen and oxygen atoms in total.